The zero-order chi connectivity index (χ0) is 21.4. The van der Waals surface area contributed by atoms with Crippen LogP contribution in [0.3, 0.4) is 0 Å². The van der Waals surface area contributed by atoms with Gasteiger partial charge < -0.3 is 4.74 Å². The number of esters is 1. The Morgan fingerprint density at radius 1 is 1.28 bits per heavy atom. The maximum absolute atomic E-state index is 11.8. The summed E-state index contributed by atoms with van der Waals surface area (Å²) in [6.45, 7) is 13.5. The molecule has 0 aromatic carbocycles. The van der Waals surface area contributed by atoms with Crippen LogP contribution in [-0.2, 0) is 19.3 Å². The van der Waals surface area contributed by atoms with E-state index in [1.54, 1.807) is 16.7 Å². The van der Waals surface area contributed by atoms with Crippen molar-refractivity contribution in [2.45, 2.75) is 98.2 Å². The lowest BCUT2D eigenvalue weighted by Crippen LogP contribution is -2.42. The molecule has 0 aromatic heterocycles. The Bertz CT molecular complexity index is 679. The van der Waals surface area contributed by atoms with Crippen LogP contribution in [0, 0.1) is 23.2 Å². The highest BCUT2D eigenvalue weighted by molar-refractivity contribution is 5.72. The second-order valence-electron chi connectivity index (χ2n) is 10.5. The summed E-state index contributed by atoms with van der Waals surface area (Å²) in [6.07, 6.45) is 9.80. The first-order valence-corrected chi connectivity index (χ1v) is 11.4. The van der Waals surface area contributed by atoms with Gasteiger partial charge in [-0.3, -0.25) is 4.79 Å². The van der Waals surface area contributed by atoms with Gasteiger partial charge in [0.2, 0.25) is 0 Å². The van der Waals surface area contributed by atoms with E-state index in [0.29, 0.717) is 5.92 Å². The van der Waals surface area contributed by atoms with E-state index >= 15 is 0 Å². The van der Waals surface area contributed by atoms with Gasteiger partial charge in [0.15, 0.2) is 0 Å². The first-order valence-electron chi connectivity index (χ1n) is 11.4. The van der Waals surface area contributed by atoms with Crippen LogP contribution in [0.4, 0.5) is 0 Å². The molecule has 4 heteroatoms. The summed E-state index contributed by atoms with van der Waals surface area (Å²) in [5.74, 6) is 0.907. The molecule has 1 saturated heterocycles. The van der Waals surface area contributed by atoms with Gasteiger partial charge in [-0.2, -0.15) is 0 Å². The summed E-state index contributed by atoms with van der Waals surface area (Å²) in [5, 5.41) is 0. The van der Waals surface area contributed by atoms with Gasteiger partial charge in [-0.15, -0.1) is 0 Å². The molecule has 29 heavy (non-hydrogen) atoms. The molecule has 0 N–H and O–H groups in total. The van der Waals surface area contributed by atoms with Crippen molar-refractivity contribution in [3.8, 4) is 0 Å². The Kier molecular flexibility index (Phi) is 6.65. The average Bonchev–Trinajstić information content (AvgIpc) is 2.66. The molecule has 1 heterocycles. The van der Waals surface area contributed by atoms with Crippen LogP contribution >= 0.6 is 0 Å². The topological polar surface area (TPSA) is 44.8 Å². The summed E-state index contributed by atoms with van der Waals surface area (Å²) >= 11 is 0. The Balaban J connectivity index is 1.63. The predicted octanol–water partition coefficient (Wildman–Crippen LogP) is 6.16. The van der Waals surface area contributed by atoms with Gasteiger partial charge in [0.25, 0.3) is 0 Å². The summed E-state index contributed by atoms with van der Waals surface area (Å²) < 4.78 is 4.84. The van der Waals surface area contributed by atoms with Crippen molar-refractivity contribution >= 4 is 5.97 Å². The first-order chi connectivity index (χ1) is 13.6. The standard InChI is InChI=1S/C25H40O4/c1-16-8-9-21-19(14-16)15-17(2)20(24(21,4)5)10-12-25(6)13-11-22(28-29-25)18(3)23(26)27-7/h14,18-19,21-22H,8-13,15H2,1-7H3. The summed E-state index contributed by atoms with van der Waals surface area (Å²) in [4.78, 5) is 23.3. The van der Waals surface area contributed by atoms with Crippen molar-refractivity contribution in [3.05, 3.63) is 22.8 Å². The van der Waals surface area contributed by atoms with Crippen molar-refractivity contribution in [2.24, 2.45) is 23.2 Å². The zero-order valence-electron chi connectivity index (χ0n) is 19.5. The number of carbonyl (C=O) groups excluding carboxylic acids is 1. The Hall–Kier alpha value is -1.13. The number of hydrogen-bond donors (Lipinski definition) is 0. The van der Waals surface area contributed by atoms with Crippen molar-refractivity contribution < 1.29 is 19.3 Å². The number of ether oxygens (including phenoxy) is 1. The fraction of sp³-hybridized carbons (Fsp3) is 0.800. The van der Waals surface area contributed by atoms with Gasteiger partial charge in [-0.1, -0.05) is 36.6 Å². The summed E-state index contributed by atoms with van der Waals surface area (Å²) in [7, 11) is 1.42. The molecule has 164 valence electrons. The lowest BCUT2D eigenvalue weighted by atomic mass is 9.57. The van der Waals surface area contributed by atoms with E-state index < -0.39 is 0 Å². The fourth-order valence-corrected chi connectivity index (χ4v) is 5.99. The Morgan fingerprint density at radius 2 is 2.00 bits per heavy atom. The van der Waals surface area contributed by atoms with Crippen LogP contribution in [0.5, 0.6) is 0 Å². The van der Waals surface area contributed by atoms with Gasteiger partial charge in [0, 0.05) is 0 Å². The smallest absolute Gasteiger partial charge is 0.311 e. The van der Waals surface area contributed by atoms with Gasteiger partial charge in [0.1, 0.15) is 11.7 Å². The maximum atomic E-state index is 11.8. The SMILES string of the molecule is COC(=O)C(C)C1CCC(C)(CCC2=C(C)CC3C=C(C)CCC3C2(C)C)OO1. The monoisotopic (exact) mass is 404 g/mol. The third-order valence-electron chi connectivity index (χ3n) is 7.99. The minimum Gasteiger partial charge on any atom is -0.469 e. The van der Waals surface area contributed by atoms with E-state index in [1.165, 1.54) is 26.4 Å². The van der Waals surface area contributed by atoms with Crippen molar-refractivity contribution in [3.63, 3.8) is 0 Å². The molecule has 5 unspecified atom stereocenters. The van der Waals surface area contributed by atoms with E-state index in [2.05, 4.69) is 40.7 Å². The zero-order valence-corrected chi connectivity index (χ0v) is 19.5. The number of methoxy groups -OCH3 is 1. The summed E-state index contributed by atoms with van der Waals surface area (Å²) in [5.41, 5.74) is 4.70. The van der Waals surface area contributed by atoms with Crippen molar-refractivity contribution in [2.75, 3.05) is 7.11 Å². The second-order valence-corrected chi connectivity index (χ2v) is 10.5. The fourth-order valence-electron chi connectivity index (χ4n) is 5.99. The largest absolute Gasteiger partial charge is 0.469 e. The van der Waals surface area contributed by atoms with Crippen LogP contribution in [-0.4, -0.2) is 24.8 Å². The molecule has 1 fully saturated rings. The maximum Gasteiger partial charge on any atom is 0.311 e. The van der Waals surface area contributed by atoms with E-state index in [1.807, 2.05) is 6.92 Å². The molecule has 0 bridgehead atoms. The molecule has 5 atom stereocenters. The lowest BCUT2D eigenvalue weighted by Gasteiger charge is -2.48. The summed E-state index contributed by atoms with van der Waals surface area (Å²) in [6, 6.07) is 0. The molecular weight excluding hydrogens is 364 g/mol. The first kappa shape index (κ1) is 22.6. The van der Waals surface area contributed by atoms with Crippen LogP contribution in [0.25, 0.3) is 0 Å². The van der Waals surface area contributed by atoms with Gasteiger partial charge in [0.05, 0.1) is 13.0 Å². The van der Waals surface area contributed by atoms with Crippen molar-refractivity contribution in [1.82, 2.24) is 0 Å². The Labute approximate surface area is 177 Å². The van der Waals surface area contributed by atoms with E-state index in [4.69, 9.17) is 14.5 Å². The van der Waals surface area contributed by atoms with E-state index in [-0.39, 0.29) is 29.0 Å². The predicted molar refractivity (Wildman–Crippen MR) is 115 cm³/mol. The lowest BCUT2D eigenvalue weighted by molar-refractivity contribution is -0.411. The number of allylic oxidation sites excluding steroid dienone is 4. The van der Waals surface area contributed by atoms with E-state index in [0.717, 1.165) is 31.6 Å². The van der Waals surface area contributed by atoms with E-state index in [9.17, 15) is 4.79 Å². The number of hydrogen-bond acceptors (Lipinski definition) is 4. The molecule has 0 spiro atoms. The molecule has 4 nitrogen and oxygen atoms in total. The van der Waals surface area contributed by atoms with Gasteiger partial charge in [-0.05, 0) is 89.9 Å². The third kappa shape index (κ3) is 4.64. The quantitative estimate of drug-likeness (QED) is 0.312. The molecule has 0 amide bonds. The van der Waals surface area contributed by atoms with Crippen molar-refractivity contribution in [1.29, 1.82) is 0 Å². The number of carbonyl (C=O) groups is 1. The molecule has 1 aliphatic heterocycles. The van der Waals surface area contributed by atoms with Gasteiger partial charge in [-0.25, -0.2) is 9.78 Å². The highest BCUT2D eigenvalue weighted by Gasteiger charge is 2.44. The molecule has 3 rings (SSSR count). The molecule has 2 aliphatic carbocycles. The minimum atomic E-state index is -0.300. The highest BCUT2D eigenvalue weighted by atomic mass is 17.2. The molecule has 0 aromatic rings. The minimum absolute atomic E-state index is 0.222. The van der Waals surface area contributed by atoms with Crippen LogP contribution in [0.2, 0.25) is 0 Å². The third-order valence-corrected chi connectivity index (χ3v) is 7.99. The number of fused-ring (bicyclic) bond motifs is 1. The van der Waals surface area contributed by atoms with Crippen LogP contribution in [0.1, 0.15) is 86.5 Å². The normalized spacial score (nSPS) is 35.6. The molecular formula is C25H40O4. The molecule has 0 saturated carbocycles. The second kappa shape index (κ2) is 8.55. The van der Waals surface area contributed by atoms with Gasteiger partial charge >= 0.3 is 5.97 Å². The molecule has 3 aliphatic rings. The number of rotatable bonds is 5. The van der Waals surface area contributed by atoms with Crippen LogP contribution in [0.15, 0.2) is 22.8 Å². The highest BCUT2D eigenvalue weighted by Crippen LogP contribution is 2.54. The van der Waals surface area contributed by atoms with Crippen LogP contribution < -0.4 is 0 Å². The molecule has 0 radical (unpaired) electrons. The Morgan fingerprint density at radius 3 is 2.62 bits per heavy atom. The average molecular weight is 405 g/mol.